The molecular formula is C36H52ClN5O3. The molecule has 4 N–H and O–H groups in total. The van der Waals surface area contributed by atoms with Crippen molar-refractivity contribution in [1.82, 2.24) is 26.2 Å². The van der Waals surface area contributed by atoms with Crippen LogP contribution in [0.3, 0.4) is 0 Å². The van der Waals surface area contributed by atoms with E-state index in [-0.39, 0.29) is 35.6 Å². The molecule has 0 spiro atoms. The topological polar surface area (TPSA) is 103 Å². The van der Waals surface area contributed by atoms with Crippen molar-refractivity contribution < 1.29 is 14.4 Å². The summed E-state index contributed by atoms with van der Waals surface area (Å²) in [6.45, 7) is 11.9. The van der Waals surface area contributed by atoms with Crippen LogP contribution < -0.4 is 21.3 Å². The Kier molecular flexibility index (Phi) is 13.3. The highest BCUT2D eigenvalue weighted by Gasteiger charge is 2.32. The van der Waals surface area contributed by atoms with Gasteiger partial charge < -0.3 is 21.3 Å². The minimum absolute atomic E-state index is 0.0275. The number of amides is 3. The van der Waals surface area contributed by atoms with E-state index in [4.69, 9.17) is 11.6 Å². The van der Waals surface area contributed by atoms with E-state index in [2.05, 4.69) is 39.2 Å². The van der Waals surface area contributed by atoms with Crippen molar-refractivity contribution in [3.05, 3.63) is 70.2 Å². The largest absolute Gasteiger partial charge is 0.351 e. The van der Waals surface area contributed by atoms with E-state index >= 15 is 0 Å². The minimum Gasteiger partial charge on any atom is -0.351 e. The molecule has 45 heavy (non-hydrogen) atoms. The van der Waals surface area contributed by atoms with Crippen molar-refractivity contribution in [2.45, 2.75) is 109 Å². The average Bonchev–Trinajstić information content (AvgIpc) is 3.48. The fourth-order valence-corrected chi connectivity index (χ4v) is 6.97. The Hall–Kier alpha value is -2.94. The lowest BCUT2D eigenvalue weighted by atomic mass is 9.80. The van der Waals surface area contributed by atoms with Crippen LogP contribution >= 0.6 is 11.6 Å². The number of nitrogens with one attached hydrogen (secondary N) is 4. The molecule has 0 radical (unpaired) electrons. The molecule has 1 aliphatic carbocycles. The molecule has 1 aliphatic heterocycles. The lowest BCUT2D eigenvalue weighted by molar-refractivity contribution is -0.130. The summed E-state index contributed by atoms with van der Waals surface area (Å²) in [5.41, 5.74) is 2.73. The third kappa shape index (κ3) is 10.3. The standard InChI is InChI=1S/C36H52ClN5O3/c1-5-42-19-9-12-30(42)23-38-22-26-15-17-27(18-16-26)35(44)39-25(4)34(43)41-33(20-24(2)3)36(45)40-32-14-7-6-13-31(32)28-10-8-11-29(37)21-28/h8,10-11,15-18,21,24-25,30-33,38H,5-7,9,12-14,19-20,22-23H2,1-4H3,(H,39,44)(H,40,45)(H,41,43)/t25-,30?,31-,32?,33-/m0/s1. The molecule has 2 fully saturated rings. The van der Waals surface area contributed by atoms with Crippen LogP contribution in [-0.4, -0.2) is 66.4 Å². The number of likely N-dealkylation sites (N-methyl/N-ethyl adjacent to an activating group) is 1. The number of carbonyl (C=O) groups excluding carboxylic acids is 3. The van der Waals surface area contributed by atoms with Gasteiger partial charge in [-0.25, -0.2) is 0 Å². The molecule has 5 atom stereocenters. The van der Waals surface area contributed by atoms with Crippen LogP contribution in [0.1, 0.15) is 100 Å². The number of carbonyl (C=O) groups is 3. The van der Waals surface area contributed by atoms with Gasteiger partial charge in [0.05, 0.1) is 0 Å². The number of rotatable bonds is 14. The van der Waals surface area contributed by atoms with Crippen molar-refractivity contribution in [2.75, 3.05) is 19.6 Å². The summed E-state index contributed by atoms with van der Waals surface area (Å²) in [4.78, 5) is 42.3. The molecule has 246 valence electrons. The highest BCUT2D eigenvalue weighted by Crippen LogP contribution is 2.34. The van der Waals surface area contributed by atoms with Crippen molar-refractivity contribution in [3.8, 4) is 0 Å². The molecule has 1 saturated carbocycles. The van der Waals surface area contributed by atoms with Crippen molar-refractivity contribution >= 4 is 29.3 Å². The van der Waals surface area contributed by atoms with Gasteiger partial charge in [0.2, 0.25) is 11.8 Å². The maximum Gasteiger partial charge on any atom is 0.251 e. The normalized spacial score (nSPS) is 21.7. The lowest BCUT2D eigenvalue weighted by Crippen LogP contribution is -2.55. The maximum atomic E-state index is 13.6. The summed E-state index contributed by atoms with van der Waals surface area (Å²) in [6, 6.07) is 14.4. The van der Waals surface area contributed by atoms with E-state index in [0.29, 0.717) is 23.0 Å². The molecule has 3 amide bonds. The van der Waals surface area contributed by atoms with Crippen molar-refractivity contribution in [3.63, 3.8) is 0 Å². The molecule has 9 heteroatoms. The van der Waals surface area contributed by atoms with Crippen LogP contribution in [0.15, 0.2) is 48.5 Å². The Morgan fingerprint density at radius 3 is 2.40 bits per heavy atom. The Morgan fingerprint density at radius 2 is 1.69 bits per heavy atom. The van der Waals surface area contributed by atoms with Crippen molar-refractivity contribution in [1.29, 1.82) is 0 Å². The number of hydrogen-bond acceptors (Lipinski definition) is 5. The van der Waals surface area contributed by atoms with Crippen molar-refractivity contribution in [2.24, 2.45) is 5.92 Å². The Labute approximate surface area is 274 Å². The molecular weight excluding hydrogens is 586 g/mol. The monoisotopic (exact) mass is 637 g/mol. The van der Waals surface area contributed by atoms with Crippen LogP contribution in [-0.2, 0) is 16.1 Å². The predicted molar refractivity (Wildman–Crippen MR) is 181 cm³/mol. The first-order chi connectivity index (χ1) is 21.6. The van der Waals surface area contributed by atoms with Gasteiger partial charge >= 0.3 is 0 Å². The fourth-order valence-electron chi connectivity index (χ4n) is 6.77. The third-order valence-corrected chi connectivity index (χ3v) is 9.52. The number of hydrogen-bond donors (Lipinski definition) is 4. The molecule has 2 aromatic carbocycles. The summed E-state index contributed by atoms with van der Waals surface area (Å²) < 4.78 is 0. The zero-order chi connectivity index (χ0) is 32.3. The SMILES string of the molecule is CCN1CCCC1CNCc1ccc(C(=O)N[C@@H](C)C(=O)N[C@@H](CC(C)C)C(=O)NC2CCCC[C@H]2c2cccc(Cl)c2)cc1. The van der Waals surface area contributed by atoms with E-state index in [1.54, 1.807) is 19.1 Å². The fraction of sp³-hybridized carbons (Fsp3) is 0.583. The second-order valence-electron chi connectivity index (χ2n) is 13.2. The van der Waals surface area contributed by atoms with Gasteiger partial charge in [0, 0.05) is 41.7 Å². The van der Waals surface area contributed by atoms with E-state index < -0.39 is 12.1 Å². The van der Waals surface area contributed by atoms with Gasteiger partial charge in [-0.05, 0) is 93.4 Å². The summed E-state index contributed by atoms with van der Waals surface area (Å²) in [5.74, 6) is -0.520. The zero-order valence-electron chi connectivity index (χ0n) is 27.4. The lowest BCUT2D eigenvalue weighted by Gasteiger charge is -2.34. The third-order valence-electron chi connectivity index (χ3n) is 9.28. The maximum absolute atomic E-state index is 13.6. The Balaban J connectivity index is 1.29. The Morgan fingerprint density at radius 1 is 0.933 bits per heavy atom. The summed E-state index contributed by atoms with van der Waals surface area (Å²) in [7, 11) is 0. The van der Waals surface area contributed by atoms with Gasteiger partial charge in [0.1, 0.15) is 12.1 Å². The van der Waals surface area contributed by atoms with Gasteiger partial charge in [-0.15, -0.1) is 0 Å². The highest BCUT2D eigenvalue weighted by atomic mass is 35.5. The summed E-state index contributed by atoms with van der Waals surface area (Å²) >= 11 is 6.27. The van der Waals surface area contributed by atoms with E-state index in [1.165, 1.54) is 19.4 Å². The Bertz CT molecular complexity index is 1270. The molecule has 1 saturated heterocycles. The smallest absolute Gasteiger partial charge is 0.251 e. The van der Waals surface area contributed by atoms with Crippen LogP contribution in [0.5, 0.6) is 0 Å². The minimum atomic E-state index is -0.803. The molecule has 4 rings (SSSR count). The first-order valence-corrected chi connectivity index (χ1v) is 17.2. The van der Waals surface area contributed by atoms with Gasteiger partial charge in [-0.2, -0.15) is 0 Å². The summed E-state index contributed by atoms with van der Waals surface area (Å²) in [5, 5.41) is 13.2. The first kappa shape index (κ1) is 34.9. The molecule has 2 unspecified atom stereocenters. The number of halogens is 1. The molecule has 2 aromatic rings. The first-order valence-electron chi connectivity index (χ1n) is 16.8. The molecule has 0 bridgehead atoms. The van der Waals surface area contributed by atoms with Crippen LogP contribution in [0.25, 0.3) is 0 Å². The average molecular weight is 638 g/mol. The number of likely N-dealkylation sites (tertiary alicyclic amines) is 1. The highest BCUT2D eigenvalue weighted by molar-refractivity contribution is 6.30. The van der Waals surface area contributed by atoms with Gasteiger partial charge in [-0.3, -0.25) is 19.3 Å². The quantitative estimate of drug-likeness (QED) is 0.222. The van der Waals surface area contributed by atoms with Crippen LogP contribution in [0.2, 0.25) is 5.02 Å². The molecule has 1 heterocycles. The summed E-state index contributed by atoms with van der Waals surface area (Å²) in [6.07, 6.45) is 7.00. The zero-order valence-corrected chi connectivity index (χ0v) is 28.2. The second-order valence-corrected chi connectivity index (χ2v) is 13.6. The molecule has 8 nitrogen and oxygen atoms in total. The van der Waals surface area contributed by atoms with E-state index in [1.807, 2.05) is 44.2 Å². The van der Waals surface area contributed by atoms with Gasteiger partial charge in [0.15, 0.2) is 0 Å². The second kappa shape index (κ2) is 17.1. The molecule has 0 aromatic heterocycles. The van der Waals surface area contributed by atoms with Crippen LogP contribution in [0.4, 0.5) is 0 Å². The van der Waals surface area contributed by atoms with E-state index in [0.717, 1.165) is 56.4 Å². The molecule has 2 aliphatic rings. The predicted octanol–water partition coefficient (Wildman–Crippen LogP) is 5.41. The number of benzene rings is 2. The van der Waals surface area contributed by atoms with Crippen LogP contribution in [0, 0.1) is 5.92 Å². The van der Waals surface area contributed by atoms with Gasteiger partial charge in [0.25, 0.3) is 5.91 Å². The van der Waals surface area contributed by atoms with Gasteiger partial charge in [-0.1, -0.05) is 69.5 Å². The number of nitrogens with zero attached hydrogens (tertiary/aromatic N) is 1. The van der Waals surface area contributed by atoms with E-state index in [9.17, 15) is 14.4 Å².